The minimum Gasteiger partial charge on any atom is -0.338 e. The Morgan fingerprint density at radius 1 is 0.848 bits per heavy atom. The minimum atomic E-state index is -0.999. The molecule has 1 N–H and O–H groups in total. The van der Waals surface area contributed by atoms with Gasteiger partial charge in [0.2, 0.25) is 0 Å². The molecule has 3 rings (SSSR count). The van der Waals surface area contributed by atoms with Crippen LogP contribution in [0.4, 0.5) is 22.7 Å². The number of amides is 1. The quantitative estimate of drug-likeness (QED) is 0.277. The Balaban J connectivity index is 1.64. The van der Waals surface area contributed by atoms with E-state index in [9.17, 15) is 29.8 Å². The number of hydrogen-bond acceptors (Lipinski definition) is 9. The van der Waals surface area contributed by atoms with Crippen LogP contribution in [0.1, 0.15) is 20.7 Å². The number of carbonyl (C=O) groups is 2. The first-order chi connectivity index (χ1) is 15.7. The van der Waals surface area contributed by atoms with Crippen LogP contribution in [-0.2, 0) is 4.84 Å². The van der Waals surface area contributed by atoms with E-state index in [1.165, 1.54) is 36.4 Å². The van der Waals surface area contributed by atoms with Crippen LogP contribution >= 0.6 is 11.6 Å². The number of nitro groups is 2. The third-order valence-corrected chi connectivity index (χ3v) is 4.29. The zero-order chi connectivity index (χ0) is 24.0. The third-order valence-electron chi connectivity index (χ3n) is 4.04. The van der Waals surface area contributed by atoms with Gasteiger partial charge in [-0.15, -0.1) is 10.2 Å². The molecule has 0 atom stereocenters. The molecule has 13 heteroatoms. The van der Waals surface area contributed by atoms with E-state index in [0.29, 0.717) is 10.7 Å². The Bertz CT molecular complexity index is 1230. The van der Waals surface area contributed by atoms with Crippen molar-refractivity contribution in [1.82, 2.24) is 0 Å². The van der Waals surface area contributed by atoms with Crippen LogP contribution in [0.3, 0.4) is 0 Å². The standard InChI is InChI=1S/C20H12ClN5O7/c21-14-3-1-12(2-4-14)20(28)33-24-16-7-5-15(6-8-16)22-23-19(27)13-9-17(25(29)30)11-18(10-13)26(31)32/h1-11,24H. The van der Waals surface area contributed by atoms with E-state index in [2.05, 4.69) is 15.7 Å². The summed E-state index contributed by atoms with van der Waals surface area (Å²) in [6.45, 7) is 0. The maximum Gasteiger partial charge on any atom is 0.362 e. The van der Waals surface area contributed by atoms with Crippen molar-refractivity contribution in [3.63, 3.8) is 0 Å². The van der Waals surface area contributed by atoms with E-state index in [1.807, 2.05) is 0 Å². The lowest BCUT2D eigenvalue weighted by molar-refractivity contribution is -0.394. The lowest BCUT2D eigenvalue weighted by atomic mass is 10.1. The first-order valence-electron chi connectivity index (χ1n) is 8.95. The van der Waals surface area contributed by atoms with Crippen molar-refractivity contribution in [3.05, 3.63) is 103 Å². The number of rotatable bonds is 7. The van der Waals surface area contributed by atoms with Crippen molar-refractivity contribution < 1.29 is 24.3 Å². The Hall–Kier alpha value is -4.71. The van der Waals surface area contributed by atoms with Gasteiger partial charge in [-0.05, 0) is 48.5 Å². The highest BCUT2D eigenvalue weighted by atomic mass is 35.5. The Labute approximate surface area is 189 Å². The van der Waals surface area contributed by atoms with Crippen LogP contribution in [0.5, 0.6) is 0 Å². The molecular weight excluding hydrogens is 458 g/mol. The summed E-state index contributed by atoms with van der Waals surface area (Å²) >= 11 is 5.76. The second-order valence-corrected chi connectivity index (χ2v) is 6.74. The predicted molar refractivity (Wildman–Crippen MR) is 116 cm³/mol. The third kappa shape index (κ3) is 6.15. The van der Waals surface area contributed by atoms with Gasteiger partial charge in [0, 0.05) is 17.2 Å². The summed E-state index contributed by atoms with van der Waals surface area (Å²) in [4.78, 5) is 49.2. The number of benzene rings is 3. The fourth-order valence-corrected chi connectivity index (χ4v) is 2.56. The number of nitrogens with zero attached hydrogens (tertiary/aromatic N) is 4. The number of hydrogen-bond donors (Lipinski definition) is 1. The fraction of sp³-hybridized carbons (Fsp3) is 0. The molecule has 3 aromatic carbocycles. The van der Waals surface area contributed by atoms with Crippen molar-refractivity contribution in [2.45, 2.75) is 0 Å². The normalized spacial score (nSPS) is 10.6. The van der Waals surface area contributed by atoms with Gasteiger partial charge in [0.25, 0.3) is 17.3 Å². The van der Waals surface area contributed by atoms with E-state index in [4.69, 9.17) is 16.4 Å². The number of nitro benzene ring substituents is 2. The predicted octanol–water partition coefficient (Wildman–Crippen LogP) is 5.26. The van der Waals surface area contributed by atoms with Gasteiger partial charge in [-0.1, -0.05) is 11.6 Å². The summed E-state index contributed by atoms with van der Waals surface area (Å²) in [5.74, 6) is -1.63. The van der Waals surface area contributed by atoms with Gasteiger partial charge in [-0.25, -0.2) is 10.3 Å². The maximum atomic E-state index is 12.2. The molecule has 0 spiro atoms. The minimum absolute atomic E-state index is 0.234. The molecular formula is C20H12ClN5O7. The molecule has 0 saturated heterocycles. The fourth-order valence-electron chi connectivity index (χ4n) is 2.44. The van der Waals surface area contributed by atoms with Gasteiger partial charge in [-0.2, -0.15) is 0 Å². The number of halogens is 1. The summed E-state index contributed by atoms with van der Waals surface area (Å²) in [6.07, 6.45) is 0. The molecule has 0 aliphatic carbocycles. The average molecular weight is 470 g/mol. The van der Waals surface area contributed by atoms with Crippen molar-refractivity contribution in [2.24, 2.45) is 10.2 Å². The molecule has 0 bridgehead atoms. The molecule has 0 aliphatic rings. The van der Waals surface area contributed by atoms with Crippen LogP contribution in [0.2, 0.25) is 5.02 Å². The van der Waals surface area contributed by atoms with Crippen LogP contribution in [-0.4, -0.2) is 21.7 Å². The second-order valence-electron chi connectivity index (χ2n) is 6.30. The highest BCUT2D eigenvalue weighted by Gasteiger charge is 2.19. The molecule has 0 heterocycles. The molecule has 33 heavy (non-hydrogen) atoms. The summed E-state index contributed by atoms with van der Waals surface area (Å²) in [5.41, 5.74) is 1.79. The Morgan fingerprint density at radius 2 is 1.42 bits per heavy atom. The van der Waals surface area contributed by atoms with Crippen LogP contribution in [0.15, 0.2) is 77.0 Å². The van der Waals surface area contributed by atoms with Gasteiger partial charge in [0.15, 0.2) is 0 Å². The molecule has 1 amide bonds. The number of anilines is 1. The highest BCUT2D eigenvalue weighted by molar-refractivity contribution is 6.30. The number of carbonyl (C=O) groups excluding carboxylic acids is 2. The van der Waals surface area contributed by atoms with Crippen LogP contribution in [0, 0.1) is 20.2 Å². The monoisotopic (exact) mass is 469 g/mol. The van der Waals surface area contributed by atoms with E-state index in [1.54, 1.807) is 12.1 Å². The summed E-state index contributed by atoms with van der Waals surface area (Å²) in [5, 5.41) is 29.5. The summed E-state index contributed by atoms with van der Waals surface area (Å²) < 4.78 is 0. The molecule has 3 aromatic rings. The van der Waals surface area contributed by atoms with Crippen molar-refractivity contribution >= 4 is 46.2 Å². The molecule has 0 aliphatic heterocycles. The topological polar surface area (TPSA) is 166 Å². The van der Waals surface area contributed by atoms with Gasteiger partial charge < -0.3 is 4.84 Å². The average Bonchev–Trinajstić information content (AvgIpc) is 2.81. The molecule has 0 aromatic heterocycles. The number of non-ortho nitro benzene ring substituents is 2. The van der Waals surface area contributed by atoms with E-state index in [0.717, 1.165) is 18.2 Å². The van der Waals surface area contributed by atoms with E-state index < -0.39 is 33.1 Å². The van der Waals surface area contributed by atoms with Gasteiger partial charge >= 0.3 is 5.97 Å². The van der Waals surface area contributed by atoms with E-state index >= 15 is 0 Å². The molecule has 166 valence electrons. The number of nitrogens with one attached hydrogen (secondary N) is 1. The summed E-state index contributed by atoms with van der Waals surface area (Å²) in [7, 11) is 0. The zero-order valence-electron chi connectivity index (χ0n) is 16.4. The van der Waals surface area contributed by atoms with Crippen molar-refractivity contribution in [3.8, 4) is 0 Å². The smallest absolute Gasteiger partial charge is 0.338 e. The SMILES string of the molecule is O=C(N=Nc1ccc(NOC(=O)c2ccc(Cl)cc2)cc1)c1cc([N+](=O)[O-])cc([N+](=O)[O-])c1. The first kappa shape index (κ1) is 23.0. The molecule has 0 radical (unpaired) electrons. The maximum absolute atomic E-state index is 12.2. The van der Waals surface area contributed by atoms with Gasteiger partial charge in [-0.3, -0.25) is 25.0 Å². The molecule has 0 fully saturated rings. The van der Waals surface area contributed by atoms with Crippen LogP contribution < -0.4 is 5.48 Å². The molecule has 0 unspecified atom stereocenters. The van der Waals surface area contributed by atoms with Gasteiger partial charge in [0.05, 0.1) is 38.4 Å². The van der Waals surface area contributed by atoms with Crippen LogP contribution in [0.25, 0.3) is 0 Å². The van der Waals surface area contributed by atoms with Crippen molar-refractivity contribution in [2.75, 3.05) is 5.48 Å². The van der Waals surface area contributed by atoms with Gasteiger partial charge in [0.1, 0.15) is 0 Å². The number of azo groups is 1. The Morgan fingerprint density at radius 3 is 1.97 bits per heavy atom. The molecule has 0 saturated carbocycles. The highest BCUT2D eigenvalue weighted by Crippen LogP contribution is 2.24. The van der Waals surface area contributed by atoms with E-state index in [-0.39, 0.29) is 16.8 Å². The lowest BCUT2D eigenvalue weighted by Crippen LogP contribution is -2.10. The zero-order valence-corrected chi connectivity index (χ0v) is 17.1. The van der Waals surface area contributed by atoms with Crippen molar-refractivity contribution in [1.29, 1.82) is 0 Å². The lowest BCUT2D eigenvalue weighted by Gasteiger charge is -2.06. The first-order valence-corrected chi connectivity index (χ1v) is 9.33. The summed E-state index contributed by atoms with van der Waals surface area (Å²) in [6, 6.07) is 14.5. The largest absolute Gasteiger partial charge is 0.362 e. The molecule has 12 nitrogen and oxygen atoms in total. The second kappa shape index (κ2) is 10.1. The Kier molecular flexibility index (Phi) is 7.00.